The van der Waals surface area contributed by atoms with Crippen LogP contribution in [0.25, 0.3) is 0 Å². The first-order chi connectivity index (χ1) is 9.01. The highest BCUT2D eigenvalue weighted by Gasteiger charge is 2.13. The predicted octanol–water partition coefficient (Wildman–Crippen LogP) is 3.02. The zero-order valence-corrected chi connectivity index (χ0v) is 11.8. The van der Waals surface area contributed by atoms with Crippen molar-refractivity contribution < 1.29 is 4.39 Å². The van der Waals surface area contributed by atoms with Crippen LogP contribution in [0.15, 0.2) is 24.3 Å². The van der Waals surface area contributed by atoms with Crippen LogP contribution in [0.2, 0.25) is 5.02 Å². The normalized spacial score (nSPS) is 12.7. The second-order valence-electron chi connectivity index (χ2n) is 4.59. The number of hydrogen-bond donors (Lipinski definition) is 1. The second-order valence-corrected chi connectivity index (χ2v) is 5.00. The minimum absolute atomic E-state index is 0.116. The maximum atomic E-state index is 13.4. The molecule has 3 nitrogen and oxygen atoms in total. The largest absolute Gasteiger partial charge is 0.324 e. The zero-order valence-electron chi connectivity index (χ0n) is 11.0. The number of nitrogens with zero attached hydrogens (tertiary/aromatic N) is 2. The highest BCUT2D eigenvalue weighted by Crippen LogP contribution is 2.21. The molecule has 1 unspecified atom stereocenters. The average Bonchev–Trinajstić information content (AvgIpc) is 2.73. The molecule has 0 aliphatic heterocycles. The van der Waals surface area contributed by atoms with Gasteiger partial charge in [0, 0.05) is 25.2 Å². The van der Waals surface area contributed by atoms with E-state index in [0.29, 0.717) is 6.42 Å². The summed E-state index contributed by atoms with van der Waals surface area (Å²) in [7, 11) is 1.89. The van der Waals surface area contributed by atoms with E-state index in [4.69, 9.17) is 17.3 Å². The summed E-state index contributed by atoms with van der Waals surface area (Å²) in [5.41, 5.74) is 8.93. The number of benzene rings is 1. The van der Waals surface area contributed by atoms with E-state index in [1.165, 1.54) is 12.1 Å². The van der Waals surface area contributed by atoms with Crippen LogP contribution in [0.5, 0.6) is 0 Å². The molecule has 0 bridgehead atoms. The molecule has 0 fully saturated rings. The van der Waals surface area contributed by atoms with Gasteiger partial charge in [-0.05, 0) is 30.2 Å². The fourth-order valence-corrected chi connectivity index (χ4v) is 2.14. The number of aryl methyl sites for hydroxylation is 2. The summed E-state index contributed by atoms with van der Waals surface area (Å²) in [6.07, 6.45) is 1.50. The Hall–Kier alpha value is -1.39. The van der Waals surface area contributed by atoms with E-state index in [9.17, 15) is 4.39 Å². The summed E-state index contributed by atoms with van der Waals surface area (Å²) in [6, 6.07) is 6.45. The van der Waals surface area contributed by atoms with Crippen molar-refractivity contribution in [3.05, 3.63) is 52.1 Å². The molecule has 2 rings (SSSR count). The molecular weight excluding hydrogens is 265 g/mol. The predicted molar refractivity (Wildman–Crippen MR) is 74.6 cm³/mol. The van der Waals surface area contributed by atoms with Crippen molar-refractivity contribution in [2.75, 3.05) is 0 Å². The minimum atomic E-state index is -0.436. The van der Waals surface area contributed by atoms with Crippen molar-refractivity contribution >= 4 is 11.6 Å². The molecule has 0 radical (unpaired) electrons. The molecule has 0 saturated carbocycles. The number of nitrogens with two attached hydrogens (primary N) is 1. The van der Waals surface area contributed by atoms with Gasteiger partial charge in [-0.25, -0.2) is 4.39 Å². The third kappa shape index (κ3) is 3.14. The quantitative estimate of drug-likeness (QED) is 0.936. The summed E-state index contributed by atoms with van der Waals surface area (Å²) in [5.74, 6) is -0.436. The lowest BCUT2D eigenvalue weighted by atomic mass is 10.0. The summed E-state index contributed by atoms with van der Waals surface area (Å²) in [5, 5.41) is 4.49. The Bertz CT molecular complexity index is 580. The Morgan fingerprint density at radius 1 is 1.42 bits per heavy atom. The molecule has 1 aromatic carbocycles. The maximum absolute atomic E-state index is 13.4. The Morgan fingerprint density at radius 3 is 2.74 bits per heavy atom. The first-order valence-electron chi connectivity index (χ1n) is 6.23. The third-order valence-corrected chi connectivity index (χ3v) is 3.50. The third-order valence-electron chi connectivity index (χ3n) is 3.19. The molecule has 0 saturated heterocycles. The molecule has 0 spiro atoms. The fourth-order valence-electron chi connectivity index (χ4n) is 2.02. The minimum Gasteiger partial charge on any atom is -0.324 e. The first-order valence-corrected chi connectivity index (χ1v) is 6.61. The van der Waals surface area contributed by atoms with E-state index in [-0.39, 0.29) is 11.1 Å². The molecule has 0 aliphatic carbocycles. The van der Waals surface area contributed by atoms with Crippen LogP contribution >= 0.6 is 11.6 Å². The molecule has 5 heteroatoms. The number of halogens is 2. The van der Waals surface area contributed by atoms with Gasteiger partial charge in [0.25, 0.3) is 0 Å². The van der Waals surface area contributed by atoms with Gasteiger partial charge >= 0.3 is 0 Å². The molecule has 19 heavy (non-hydrogen) atoms. The standard InChI is InChI=1S/C14H17ClFN3/c1-3-10-7-11(19(2)18-10)8-14(17)9-4-5-12(15)13(16)6-9/h4-7,14H,3,8,17H2,1-2H3. The van der Waals surface area contributed by atoms with Gasteiger partial charge in [-0.1, -0.05) is 24.6 Å². The van der Waals surface area contributed by atoms with Crippen molar-refractivity contribution in [2.24, 2.45) is 12.8 Å². The van der Waals surface area contributed by atoms with E-state index < -0.39 is 5.82 Å². The Labute approximate surface area is 117 Å². The molecule has 0 amide bonds. The van der Waals surface area contributed by atoms with Gasteiger partial charge in [0.2, 0.25) is 0 Å². The van der Waals surface area contributed by atoms with Crippen LogP contribution < -0.4 is 5.73 Å². The number of hydrogen-bond acceptors (Lipinski definition) is 2. The molecular formula is C14H17ClFN3. The van der Waals surface area contributed by atoms with Gasteiger partial charge in [0.15, 0.2) is 0 Å². The first kappa shape index (κ1) is 14.0. The van der Waals surface area contributed by atoms with Gasteiger partial charge in [0.05, 0.1) is 10.7 Å². The Kier molecular flexibility index (Phi) is 4.22. The van der Waals surface area contributed by atoms with Crippen LogP contribution in [-0.4, -0.2) is 9.78 Å². The lowest BCUT2D eigenvalue weighted by molar-refractivity contribution is 0.610. The van der Waals surface area contributed by atoms with Crippen molar-refractivity contribution in [1.29, 1.82) is 0 Å². The van der Waals surface area contributed by atoms with Crippen LogP contribution in [0.3, 0.4) is 0 Å². The van der Waals surface area contributed by atoms with Crippen LogP contribution in [0.1, 0.15) is 29.9 Å². The van der Waals surface area contributed by atoms with Crippen LogP contribution in [0, 0.1) is 5.82 Å². The SMILES string of the molecule is CCc1cc(CC(N)c2ccc(Cl)c(F)c2)n(C)n1. The fraction of sp³-hybridized carbons (Fsp3) is 0.357. The van der Waals surface area contributed by atoms with Gasteiger partial charge in [0.1, 0.15) is 5.82 Å². The lowest BCUT2D eigenvalue weighted by Gasteiger charge is -2.12. The van der Waals surface area contributed by atoms with Crippen LogP contribution in [0.4, 0.5) is 4.39 Å². The number of aromatic nitrogens is 2. The van der Waals surface area contributed by atoms with Crippen molar-refractivity contribution in [1.82, 2.24) is 9.78 Å². The molecule has 0 aliphatic rings. The van der Waals surface area contributed by atoms with Crippen molar-refractivity contribution in [2.45, 2.75) is 25.8 Å². The smallest absolute Gasteiger partial charge is 0.142 e. The van der Waals surface area contributed by atoms with E-state index >= 15 is 0 Å². The number of rotatable bonds is 4. The molecule has 1 aromatic heterocycles. The van der Waals surface area contributed by atoms with E-state index in [0.717, 1.165) is 23.4 Å². The topological polar surface area (TPSA) is 43.8 Å². The molecule has 2 N–H and O–H groups in total. The maximum Gasteiger partial charge on any atom is 0.142 e. The summed E-state index contributed by atoms with van der Waals surface area (Å²) >= 11 is 5.66. The summed E-state index contributed by atoms with van der Waals surface area (Å²) in [4.78, 5) is 0. The Morgan fingerprint density at radius 2 is 2.16 bits per heavy atom. The highest BCUT2D eigenvalue weighted by atomic mass is 35.5. The van der Waals surface area contributed by atoms with Gasteiger partial charge < -0.3 is 5.73 Å². The molecule has 1 heterocycles. The van der Waals surface area contributed by atoms with Gasteiger partial charge in [-0.15, -0.1) is 0 Å². The van der Waals surface area contributed by atoms with Crippen LogP contribution in [-0.2, 0) is 19.9 Å². The highest BCUT2D eigenvalue weighted by molar-refractivity contribution is 6.30. The van der Waals surface area contributed by atoms with E-state index in [1.54, 1.807) is 6.07 Å². The lowest BCUT2D eigenvalue weighted by Crippen LogP contribution is -2.15. The monoisotopic (exact) mass is 281 g/mol. The molecule has 1 atom stereocenters. The zero-order chi connectivity index (χ0) is 14.0. The van der Waals surface area contributed by atoms with E-state index in [1.807, 2.05) is 17.8 Å². The second kappa shape index (κ2) is 5.72. The van der Waals surface area contributed by atoms with Gasteiger partial charge in [-0.3, -0.25) is 4.68 Å². The molecule has 102 valence electrons. The summed E-state index contributed by atoms with van der Waals surface area (Å²) in [6.45, 7) is 2.06. The Balaban J connectivity index is 2.17. The summed E-state index contributed by atoms with van der Waals surface area (Å²) < 4.78 is 15.2. The van der Waals surface area contributed by atoms with E-state index in [2.05, 4.69) is 12.0 Å². The van der Waals surface area contributed by atoms with Crippen molar-refractivity contribution in [3.63, 3.8) is 0 Å². The molecule has 2 aromatic rings. The van der Waals surface area contributed by atoms with Crippen molar-refractivity contribution in [3.8, 4) is 0 Å². The average molecular weight is 282 g/mol. The van der Waals surface area contributed by atoms with Gasteiger partial charge in [-0.2, -0.15) is 5.10 Å².